The Hall–Kier alpha value is -3.84. The molecule has 1 aliphatic carbocycles. The topological polar surface area (TPSA) is 75.6 Å². The number of hydrogen-bond acceptors (Lipinski definition) is 7. The van der Waals surface area contributed by atoms with Crippen LogP contribution in [0.4, 0.5) is 16.8 Å². The summed E-state index contributed by atoms with van der Waals surface area (Å²) in [6, 6.07) is 21.2. The van der Waals surface area contributed by atoms with E-state index in [0.717, 1.165) is 50.2 Å². The maximum Gasteiger partial charge on any atom is 0.189 e. The number of nitrogens with one attached hydrogen (secondary N) is 2. The average Bonchev–Trinajstić information content (AvgIpc) is 3.32. The van der Waals surface area contributed by atoms with Crippen LogP contribution in [-0.2, 0) is 6.42 Å². The molecule has 1 aliphatic rings. The molecule has 6 nitrogen and oxygen atoms in total. The van der Waals surface area contributed by atoms with Gasteiger partial charge in [0.05, 0.1) is 10.2 Å². The van der Waals surface area contributed by atoms with E-state index in [0.29, 0.717) is 6.04 Å². The minimum Gasteiger partial charge on any atom is -0.367 e. The lowest BCUT2D eigenvalue weighted by atomic mass is 9.95. The van der Waals surface area contributed by atoms with Gasteiger partial charge in [-0.15, -0.1) is 0 Å². The molecule has 0 spiro atoms. The second kappa shape index (κ2) is 10.4. The number of aromatic nitrogens is 4. The summed E-state index contributed by atoms with van der Waals surface area (Å²) in [6.07, 6.45) is 12.6. The minimum absolute atomic E-state index is 0.484. The van der Waals surface area contributed by atoms with E-state index in [1.807, 2.05) is 30.6 Å². The molecule has 7 heteroatoms. The van der Waals surface area contributed by atoms with Crippen LogP contribution in [0.5, 0.6) is 0 Å². The first-order chi connectivity index (χ1) is 17.8. The van der Waals surface area contributed by atoms with E-state index in [4.69, 9.17) is 9.97 Å². The second-order valence-corrected chi connectivity index (χ2v) is 10.3. The Morgan fingerprint density at radius 2 is 1.75 bits per heavy atom. The molecule has 5 aromatic rings. The van der Waals surface area contributed by atoms with Gasteiger partial charge in [0.15, 0.2) is 5.13 Å². The van der Waals surface area contributed by atoms with Crippen molar-refractivity contribution in [3.8, 4) is 11.1 Å². The highest BCUT2D eigenvalue weighted by molar-refractivity contribution is 7.22. The predicted molar refractivity (Wildman–Crippen MR) is 148 cm³/mol. The Balaban J connectivity index is 1.28. The molecule has 0 unspecified atom stereocenters. The molecule has 0 bridgehead atoms. The van der Waals surface area contributed by atoms with Crippen LogP contribution in [0.2, 0.25) is 0 Å². The number of pyridine rings is 3. The number of nitrogens with zero attached hydrogens (tertiary/aromatic N) is 4. The number of benzene rings is 1. The number of rotatable bonds is 7. The van der Waals surface area contributed by atoms with Gasteiger partial charge in [-0.1, -0.05) is 48.8 Å². The van der Waals surface area contributed by atoms with Crippen molar-refractivity contribution in [1.29, 1.82) is 0 Å². The van der Waals surface area contributed by atoms with Crippen LogP contribution in [0.1, 0.15) is 43.4 Å². The molecule has 1 fully saturated rings. The molecule has 0 amide bonds. The molecule has 180 valence electrons. The van der Waals surface area contributed by atoms with Gasteiger partial charge < -0.3 is 10.6 Å². The van der Waals surface area contributed by atoms with Gasteiger partial charge >= 0.3 is 0 Å². The summed E-state index contributed by atoms with van der Waals surface area (Å²) in [5.41, 5.74) is 5.43. The van der Waals surface area contributed by atoms with Gasteiger partial charge in [-0.25, -0.2) is 9.97 Å². The summed E-state index contributed by atoms with van der Waals surface area (Å²) in [4.78, 5) is 18.5. The van der Waals surface area contributed by atoms with Gasteiger partial charge in [-0.05, 0) is 66.4 Å². The fourth-order valence-corrected chi connectivity index (χ4v) is 5.71. The van der Waals surface area contributed by atoms with Gasteiger partial charge in [0.2, 0.25) is 0 Å². The molecule has 1 aromatic carbocycles. The van der Waals surface area contributed by atoms with E-state index >= 15 is 0 Å². The van der Waals surface area contributed by atoms with Crippen molar-refractivity contribution in [2.24, 2.45) is 0 Å². The number of hydrogen-bond donors (Lipinski definition) is 2. The normalized spacial score (nSPS) is 14.1. The molecule has 0 saturated heterocycles. The molecule has 0 radical (unpaired) electrons. The quantitative estimate of drug-likeness (QED) is 0.250. The minimum atomic E-state index is 0.484. The van der Waals surface area contributed by atoms with Crippen molar-refractivity contribution in [3.63, 3.8) is 0 Å². The van der Waals surface area contributed by atoms with Gasteiger partial charge in [0.1, 0.15) is 11.6 Å². The summed E-state index contributed by atoms with van der Waals surface area (Å²) in [5.74, 6) is 1.71. The zero-order chi connectivity index (χ0) is 24.2. The summed E-state index contributed by atoms with van der Waals surface area (Å²) >= 11 is 1.64. The molecular formula is C29H28N6S. The SMILES string of the molecule is c1ccc(Cc2cc(Nc3nc4ccc(-c5cccnc5)cc4s3)nc(NC3CCCCC3)c2)nc1. The van der Waals surface area contributed by atoms with E-state index in [2.05, 4.69) is 63.1 Å². The number of anilines is 3. The van der Waals surface area contributed by atoms with E-state index in [1.165, 1.54) is 37.7 Å². The molecule has 2 N–H and O–H groups in total. The van der Waals surface area contributed by atoms with Crippen LogP contribution in [0.3, 0.4) is 0 Å². The maximum atomic E-state index is 4.92. The largest absolute Gasteiger partial charge is 0.367 e. The van der Waals surface area contributed by atoms with Crippen LogP contribution in [0.25, 0.3) is 21.3 Å². The van der Waals surface area contributed by atoms with Crippen LogP contribution in [-0.4, -0.2) is 26.0 Å². The zero-order valence-corrected chi connectivity index (χ0v) is 20.8. The Kier molecular flexibility index (Phi) is 6.54. The number of thiazole rings is 1. The van der Waals surface area contributed by atoms with Gasteiger partial charge in [-0.2, -0.15) is 0 Å². The van der Waals surface area contributed by atoms with E-state index < -0.39 is 0 Å². The zero-order valence-electron chi connectivity index (χ0n) is 20.0. The van der Waals surface area contributed by atoms with Gasteiger partial charge in [0.25, 0.3) is 0 Å². The van der Waals surface area contributed by atoms with Gasteiger partial charge in [0, 0.05) is 42.3 Å². The maximum absolute atomic E-state index is 4.92. The lowest BCUT2D eigenvalue weighted by Crippen LogP contribution is -2.23. The van der Waals surface area contributed by atoms with Crippen molar-refractivity contribution in [2.45, 2.75) is 44.6 Å². The lowest BCUT2D eigenvalue weighted by molar-refractivity contribution is 0.462. The summed E-state index contributed by atoms with van der Waals surface area (Å²) in [5, 5.41) is 8.00. The van der Waals surface area contributed by atoms with E-state index in [-0.39, 0.29) is 0 Å². The molecule has 0 atom stereocenters. The third-order valence-electron chi connectivity index (χ3n) is 6.57. The molecule has 4 aromatic heterocycles. The van der Waals surface area contributed by atoms with Crippen LogP contribution < -0.4 is 10.6 Å². The van der Waals surface area contributed by atoms with Crippen molar-refractivity contribution in [1.82, 2.24) is 19.9 Å². The van der Waals surface area contributed by atoms with Crippen LogP contribution >= 0.6 is 11.3 Å². The lowest BCUT2D eigenvalue weighted by Gasteiger charge is -2.23. The molecular weight excluding hydrogens is 464 g/mol. The standard InChI is InChI=1S/C29H28N6S/c1-2-8-23(9-3-1)32-27-16-20(15-24-10-4-5-14-31-24)17-28(34-27)35-29-33-25-12-11-21(18-26(25)36-29)22-7-6-13-30-19-22/h4-7,10-14,16-19,23H,1-3,8-9,15H2,(H2,32,33,34,35). The molecule has 36 heavy (non-hydrogen) atoms. The second-order valence-electron chi connectivity index (χ2n) is 9.29. The first kappa shape index (κ1) is 22.6. The van der Waals surface area contributed by atoms with Crippen molar-refractivity contribution < 1.29 is 0 Å². The van der Waals surface area contributed by atoms with Crippen molar-refractivity contribution in [3.05, 3.63) is 90.5 Å². The smallest absolute Gasteiger partial charge is 0.189 e. The monoisotopic (exact) mass is 492 g/mol. The third kappa shape index (κ3) is 5.36. The Bertz CT molecular complexity index is 1450. The van der Waals surface area contributed by atoms with Crippen molar-refractivity contribution in [2.75, 3.05) is 10.6 Å². The fraction of sp³-hybridized carbons (Fsp3) is 0.241. The third-order valence-corrected chi connectivity index (χ3v) is 7.51. The first-order valence-electron chi connectivity index (χ1n) is 12.5. The predicted octanol–water partition coefficient (Wildman–Crippen LogP) is 7.23. The molecule has 4 heterocycles. The molecule has 0 aliphatic heterocycles. The average molecular weight is 493 g/mol. The van der Waals surface area contributed by atoms with E-state index in [1.54, 1.807) is 17.5 Å². The van der Waals surface area contributed by atoms with Crippen LogP contribution in [0.15, 0.2) is 79.3 Å². The molecule has 1 saturated carbocycles. The Labute approximate surface area is 214 Å². The Morgan fingerprint density at radius 1 is 0.833 bits per heavy atom. The number of fused-ring (bicyclic) bond motifs is 1. The summed E-state index contributed by atoms with van der Waals surface area (Å²) in [6.45, 7) is 0. The highest BCUT2D eigenvalue weighted by Gasteiger charge is 2.15. The summed E-state index contributed by atoms with van der Waals surface area (Å²) < 4.78 is 1.13. The van der Waals surface area contributed by atoms with Crippen LogP contribution in [0, 0.1) is 0 Å². The first-order valence-corrected chi connectivity index (χ1v) is 13.4. The van der Waals surface area contributed by atoms with Crippen molar-refractivity contribution >= 4 is 38.3 Å². The van der Waals surface area contributed by atoms with Gasteiger partial charge in [-0.3, -0.25) is 9.97 Å². The highest BCUT2D eigenvalue weighted by atomic mass is 32.1. The fourth-order valence-electron chi connectivity index (χ4n) is 4.80. The molecule has 6 rings (SSSR count). The highest BCUT2D eigenvalue weighted by Crippen LogP contribution is 2.32. The summed E-state index contributed by atoms with van der Waals surface area (Å²) in [7, 11) is 0. The van der Waals surface area contributed by atoms with E-state index in [9.17, 15) is 0 Å². The Morgan fingerprint density at radius 3 is 2.58 bits per heavy atom.